The maximum absolute atomic E-state index is 11.6. The van der Waals surface area contributed by atoms with Gasteiger partial charge in [-0.2, -0.15) is 0 Å². The van der Waals surface area contributed by atoms with Gasteiger partial charge in [-0.1, -0.05) is 0 Å². The molecule has 0 spiro atoms. The highest BCUT2D eigenvalue weighted by Gasteiger charge is 2.34. The van der Waals surface area contributed by atoms with Gasteiger partial charge in [0.15, 0.2) is 0 Å². The summed E-state index contributed by atoms with van der Waals surface area (Å²) in [7, 11) is 0. The fourth-order valence-corrected chi connectivity index (χ4v) is 3.56. The number of nitrogens with one attached hydrogen (secondary N) is 1. The zero-order chi connectivity index (χ0) is 14.4. The fourth-order valence-electron chi connectivity index (χ4n) is 3.56. The van der Waals surface area contributed by atoms with Gasteiger partial charge in [0, 0.05) is 29.1 Å². The zero-order valence-electron chi connectivity index (χ0n) is 12.1. The van der Waals surface area contributed by atoms with Crippen molar-refractivity contribution in [3.63, 3.8) is 0 Å². The summed E-state index contributed by atoms with van der Waals surface area (Å²) in [5, 5.41) is 4.54. The van der Waals surface area contributed by atoms with Gasteiger partial charge in [0.25, 0.3) is 0 Å². The van der Waals surface area contributed by atoms with Crippen molar-refractivity contribution >= 4 is 11.0 Å². The van der Waals surface area contributed by atoms with Crippen molar-refractivity contribution in [1.29, 1.82) is 0 Å². The third kappa shape index (κ3) is 2.44. The second-order valence-electron chi connectivity index (χ2n) is 6.27. The summed E-state index contributed by atoms with van der Waals surface area (Å²) >= 11 is 0. The molecule has 2 unspecified atom stereocenters. The lowest BCUT2D eigenvalue weighted by Crippen LogP contribution is -2.42. The first-order chi connectivity index (χ1) is 10.2. The van der Waals surface area contributed by atoms with Crippen molar-refractivity contribution in [1.82, 2.24) is 5.32 Å². The Balaban J connectivity index is 1.59. The summed E-state index contributed by atoms with van der Waals surface area (Å²) < 4.78 is 11.4. The molecule has 4 nitrogen and oxygen atoms in total. The minimum absolute atomic E-state index is 0.262. The predicted molar refractivity (Wildman–Crippen MR) is 80.8 cm³/mol. The molecule has 2 saturated heterocycles. The molecule has 21 heavy (non-hydrogen) atoms. The van der Waals surface area contributed by atoms with E-state index in [1.807, 2.05) is 24.3 Å². The normalized spacial score (nSPS) is 28.0. The number of aryl methyl sites for hydroxylation is 1. The standard InChI is InChI=1S/C17H19NO3/c1-10-6-11-2-5-14(9-16(11)21-17(10)19)20-15-7-12-3-4-13(8-15)18-12/h2,5-6,9,12-13,15,18H,3-4,7-8H2,1H3. The molecule has 1 aromatic carbocycles. The Hall–Kier alpha value is -1.81. The molecule has 0 amide bonds. The quantitative estimate of drug-likeness (QED) is 0.862. The molecule has 2 aromatic rings. The highest BCUT2D eigenvalue weighted by atomic mass is 16.5. The van der Waals surface area contributed by atoms with Crippen LogP contribution in [0.15, 0.2) is 33.5 Å². The number of piperidine rings is 1. The van der Waals surface area contributed by atoms with E-state index < -0.39 is 0 Å². The average molecular weight is 285 g/mol. The first-order valence-corrected chi connectivity index (χ1v) is 7.64. The van der Waals surface area contributed by atoms with Gasteiger partial charge < -0.3 is 14.5 Å². The Kier molecular flexibility index (Phi) is 3.00. The van der Waals surface area contributed by atoms with Crippen molar-refractivity contribution in [2.45, 2.75) is 50.8 Å². The van der Waals surface area contributed by atoms with E-state index in [1.165, 1.54) is 12.8 Å². The Labute approximate surface area is 123 Å². The summed E-state index contributed by atoms with van der Waals surface area (Å²) in [5.74, 6) is 0.792. The lowest BCUT2D eigenvalue weighted by Gasteiger charge is -2.29. The second kappa shape index (κ2) is 4.88. The van der Waals surface area contributed by atoms with Gasteiger partial charge in [-0.25, -0.2) is 4.79 Å². The lowest BCUT2D eigenvalue weighted by molar-refractivity contribution is 0.137. The van der Waals surface area contributed by atoms with Gasteiger partial charge in [-0.15, -0.1) is 0 Å². The largest absolute Gasteiger partial charge is 0.490 e. The Bertz CT molecular complexity index is 724. The monoisotopic (exact) mass is 285 g/mol. The van der Waals surface area contributed by atoms with Crippen molar-refractivity contribution in [2.75, 3.05) is 0 Å². The van der Waals surface area contributed by atoms with E-state index in [2.05, 4.69) is 5.32 Å². The molecule has 1 aromatic heterocycles. The van der Waals surface area contributed by atoms with Gasteiger partial charge in [-0.3, -0.25) is 0 Å². The number of ether oxygens (including phenoxy) is 1. The number of fused-ring (bicyclic) bond motifs is 3. The van der Waals surface area contributed by atoms with Crippen LogP contribution in [-0.2, 0) is 0 Å². The van der Waals surface area contributed by atoms with Crippen molar-refractivity contribution < 1.29 is 9.15 Å². The van der Waals surface area contributed by atoms with Crippen LogP contribution in [-0.4, -0.2) is 18.2 Å². The van der Waals surface area contributed by atoms with Crippen LogP contribution in [0.5, 0.6) is 5.75 Å². The Morgan fingerprint density at radius 1 is 1.19 bits per heavy atom. The minimum Gasteiger partial charge on any atom is -0.490 e. The molecule has 0 radical (unpaired) electrons. The Morgan fingerprint density at radius 2 is 1.95 bits per heavy atom. The van der Waals surface area contributed by atoms with E-state index in [1.54, 1.807) is 6.92 Å². The van der Waals surface area contributed by atoms with Crippen LogP contribution in [0.2, 0.25) is 0 Å². The molecular formula is C17H19NO3. The van der Waals surface area contributed by atoms with Crippen LogP contribution in [0.1, 0.15) is 31.2 Å². The Morgan fingerprint density at radius 3 is 2.71 bits per heavy atom. The summed E-state index contributed by atoms with van der Waals surface area (Å²) in [6, 6.07) is 8.82. The van der Waals surface area contributed by atoms with Crippen LogP contribution in [0, 0.1) is 6.92 Å². The molecule has 2 bridgehead atoms. The zero-order valence-corrected chi connectivity index (χ0v) is 12.1. The molecule has 2 atom stereocenters. The molecule has 4 heteroatoms. The average Bonchev–Trinajstić information content (AvgIpc) is 2.80. The summed E-state index contributed by atoms with van der Waals surface area (Å²) in [6.45, 7) is 1.76. The van der Waals surface area contributed by atoms with Crippen LogP contribution in [0.4, 0.5) is 0 Å². The van der Waals surface area contributed by atoms with Crippen LogP contribution in [0.25, 0.3) is 11.0 Å². The third-order valence-corrected chi connectivity index (χ3v) is 4.61. The minimum atomic E-state index is -0.278. The number of hydrogen-bond donors (Lipinski definition) is 1. The molecule has 3 heterocycles. The summed E-state index contributed by atoms with van der Waals surface area (Å²) in [6.07, 6.45) is 4.91. The molecule has 2 aliphatic heterocycles. The molecule has 0 aliphatic carbocycles. The van der Waals surface area contributed by atoms with Gasteiger partial charge in [-0.05, 0) is 50.8 Å². The van der Waals surface area contributed by atoms with Crippen molar-refractivity contribution in [3.05, 3.63) is 40.2 Å². The van der Waals surface area contributed by atoms with E-state index in [0.29, 0.717) is 23.2 Å². The number of benzene rings is 1. The van der Waals surface area contributed by atoms with E-state index in [0.717, 1.165) is 24.0 Å². The molecule has 0 saturated carbocycles. The van der Waals surface area contributed by atoms with Crippen LogP contribution in [0.3, 0.4) is 0 Å². The van der Waals surface area contributed by atoms with Gasteiger partial charge >= 0.3 is 5.63 Å². The van der Waals surface area contributed by atoms with Gasteiger partial charge in [0.2, 0.25) is 0 Å². The summed E-state index contributed by atoms with van der Waals surface area (Å²) in [5.41, 5.74) is 0.950. The van der Waals surface area contributed by atoms with E-state index in [9.17, 15) is 4.79 Å². The summed E-state index contributed by atoms with van der Waals surface area (Å²) in [4.78, 5) is 11.6. The number of rotatable bonds is 2. The van der Waals surface area contributed by atoms with E-state index in [4.69, 9.17) is 9.15 Å². The molecule has 2 fully saturated rings. The highest BCUT2D eigenvalue weighted by molar-refractivity contribution is 5.78. The van der Waals surface area contributed by atoms with Crippen molar-refractivity contribution in [2.24, 2.45) is 0 Å². The van der Waals surface area contributed by atoms with Crippen LogP contribution >= 0.6 is 0 Å². The maximum atomic E-state index is 11.6. The maximum Gasteiger partial charge on any atom is 0.339 e. The molecule has 1 N–H and O–H groups in total. The fraction of sp³-hybridized carbons (Fsp3) is 0.471. The number of hydrogen-bond acceptors (Lipinski definition) is 4. The first-order valence-electron chi connectivity index (χ1n) is 7.64. The second-order valence-corrected chi connectivity index (χ2v) is 6.27. The van der Waals surface area contributed by atoms with E-state index >= 15 is 0 Å². The smallest absolute Gasteiger partial charge is 0.339 e. The SMILES string of the molecule is Cc1cc2ccc(OC3CC4CCC(C3)N4)cc2oc1=O. The first kappa shape index (κ1) is 12.9. The van der Waals surface area contributed by atoms with Gasteiger partial charge in [0.1, 0.15) is 17.4 Å². The third-order valence-electron chi connectivity index (χ3n) is 4.61. The molecule has 110 valence electrons. The predicted octanol–water partition coefficient (Wildman–Crippen LogP) is 2.76. The topological polar surface area (TPSA) is 51.5 Å². The van der Waals surface area contributed by atoms with Crippen LogP contribution < -0.4 is 15.7 Å². The van der Waals surface area contributed by atoms with E-state index in [-0.39, 0.29) is 11.7 Å². The molecule has 2 aliphatic rings. The molecular weight excluding hydrogens is 266 g/mol. The molecule has 4 rings (SSSR count). The van der Waals surface area contributed by atoms with Crippen molar-refractivity contribution in [3.8, 4) is 5.75 Å². The highest BCUT2D eigenvalue weighted by Crippen LogP contribution is 2.30. The van der Waals surface area contributed by atoms with Gasteiger partial charge in [0.05, 0.1) is 0 Å². The lowest BCUT2D eigenvalue weighted by atomic mass is 10.0.